The number of nitrogens with one attached hydrogen (secondary N) is 1. The summed E-state index contributed by atoms with van der Waals surface area (Å²) < 4.78 is 24.6. The van der Waals surface area contributed by atoms with Crippen LogP contribution in [-0.4, -0.2) is 21.2 Å². The average molecular weight is 251 g/mol. The van der Waals surface area contributed by atoms with Crippen molar-refractivity contribution in [2.45, 2.75) is 6.04 Å². The lowest BCUT2D eigenvalue weighted by atomic mass is 10.1. The first-order valence-corrected chi connectivity index (χ1v) is 5.92. The molecule has 0 aromatic heterocycles. The smallest absolute Gasteiger partial charge is 0.213 e. The van der Waals surface area contributed by atoms with Gasteiger partial charge in [0.05, 0.1) is 5.75 Å². The van der Waals surface area contributed by atoms with Crippen LogP contribution in [0.25, 0.3) is 0 Å². The van der Waals surface area contributed by atoms with Gasteiger partial charge in [0, 0.05) is 6.04 Å². The Morgan fingerprint density at radius 2 is 1.87 bits per heavy atom. The molecule has 0 aliphatic heterocycles. The van der Waals surface area contributed by atoms with E-state index in [-0.39, 0.29) is 18.2 Å². The van der Waals surface area contributed by atoms with Gasteiger partial charge in [0.2, 0.25) is 10.0 Å². The van der Waals surface area contributed by atoms with Gasteiger partial charge in [0.1, 0.15) is 0 Å². The Kier molecular flexibility index (Phi) is 5.82. The van der Waals surface area contributed by atoms with Gasteiger partial charge in [-0.2, -0.15) is 0 Å². The normalized spacial score (nSPS) is 12.9. The summed E-state index contributed by atoms with van der Waals surface area (Å²) in [5, 5.41) is 0. The van der Waals surface area contributed by atoms with Crippen molar-refractivity contribution in [1.29, 1.82) is 0 Å². The molecule has 0 spiro atoms. The molecule has 15 heavy (non-hydrogen) atoms. The second-order valence-corrected chi connectivity index (χ2v) is 4.97. The maximum absolute atomic E-state index is 11.2. The third-order valence-corrected chi connectivity index (χ3v) is 3.36. The summed E-state index contributed by atoms with van der Waals surface area (Å²) in [4.78, 5) is 0. The molecule has 1 aromatic rings. The van der Waals surface area contributed by atoms with Crippen LogP contribution in [0.15, 0.2) is 30.3 Å². The van der Waals surface area contributed by atoms with Gasteiger partial charge in [0.15, 0.2) is 0 Å². The van der Waals surface area contributed by atoms with Gasteiger partial charge >= 0.3 is 0 Å². The fourth-order valence-corrected chi connectivity index (χ4v) is 1.95. The van der Waals surface area contributed by atoms with E-state index in [4.69, 9.17) is 5.73 Å². The number of halogens is 1. The van der Waals surface area contributed by atoms with Crippen molar-refractivity contribution in [1.82, 2.24) is 4.72 Å². The van der Waals surface area contributed by atoms with Crippen molar-refractivity contribution in [2.75, 3.05) is 12.8 Å². The van der Waals surface area contributed by atoms with Gasteiger partial charge in [0.25, 0.3) is 0 Å². The second-order valence-electron chi connectivity index (χ2n) is 3.00. The summed E-state index contributed by atoms with van der Waals surface area (Å²) in [6, 6.07) is 8.69. The first-order chi connectivity index (χ1) is 6.55. The number of nitrogens with two attached hydrogens (primary N) is 1. The van der Waals surface area contributed by atoms with E-state index in [1.807, 2.05) is 30.3 Å². The zero-order chi connectivity index (χ0) is 10.6. The van der Waals surface area contributed by atoms with Gasteiger partial charge in [-0.25, -0.2) is 13.1 Å². The van der Waals surface area contributed by atoms with E-state index in [1.54, 1.807) is 0 Å². The fourth-order valence-electron chi connectivity index (χ4n) is 1.12. The molecule has 0 saturated heterocycles. The van der Waals surface area contributed by atoms with Crippen LogP contribution in [-0.2, 0) is 10.0 Å². The highest BCUT2D eigenvalue weighted by molar-refractivity contribution is 7.89. The van der Waals surface area contributed by atoms with Gasteiger partial charge < -0.3 is 5.73 Å². The third kappa shape index (κ3) is 4.61. The number of benzene rings is 1. The minimum atomic E-state index is -3.24. The predicted octanol–water partition coefficient (Wildman–Crippen LogP) is 0.657. The van der Waals surface area contributed by atoms with E-state index in [9.17, 15) is 8.42 Å². The average Bonchev–Trinajstić information content (AvgIpc) is 2.19. The van der Waals surface area contributed by atoms with E-state index in [2.05, 4.69) is 4.72 Å². The molecule has 0 saturated carbocycles. The zero-order valence-corrected chi connectivity index (χ0v) is 10.0. The molecule has 1 rings (SSSR count). The summed E-state index contributed by atoms with van der Waals surface area (Å²) in [5.74, 6) is -0.0898. The predicted molar refractivity (Wildman–Crippen MR) is 63.5 cm³/mol. The van der Waals surface area contributed by atoms with Crippen LogP contribution in [0.5, 0.6) is 0 Å². The Hall–Kier alpha value is -0.620. The van der Waals surface area contributed by atoms with Crippen LogP contribution >= 0.6 is 12.4 Å². The lowest BCUT2D eigenvalue weighted by molar-refractivity contribution is 0.581. The first kappa shape index (κ1) is 14.4. The summed E-state index contributed by atoms with van der Waals surface area (Å²) >= 11 is 0. The zero-order valence-electron chi connectivity index (χ0n) is 8.38. The van der Waals surface area contributed by atoms with Crippen LogP contribution in [0.3, 0.4) is 0 Å². The van der Waals surface area contributed by atoms with Crippen LogP contribution in [0.1, 0.15) is 11.6 Å². The van der Waals surface area contributed by atoms with E-state index in [0.29, 0.717) is 0 Å². The molecule has 0 amide bonds. The Balaban J connectivity index is 0.00000196. The van der Waals surface area contributed by atoms with Crippen molar-refractivity contribution in [3.8, 4) is 0 Å². The lowest BCUT2D eigenvalue weighted by Crippen LogP contribution is -2.29. The van der Waals surface area contributed by atoms with Crippen LogP contribution in [0, 0.1) is 0 Å². The summed E-state index contributed by atoms with van der Waals surface area (Å²) in [7, 11) is -1.86. The van der Waals surface area contributed by atoms with Gasteiger partial charge in [-0.1, -0.05) is 30.3 Å². The highest BCUT2D eigenvalue weighted by Gasteiger charge is 2.14. The fraction of sp³-hybridized carbons (Fsp3) is 0.333. The molecular formula is C9H15ClN2O2S. The standard InChI is InChI=1S/C9H14N2O2S.ClH/c1-11-14(12,13)7-9(10)8-5-3-2-4-6-8;/h2-6,9,11H,7,10H2,1H3;1H. The monoisotopic (exact) mass is 250 g/mol. The number of rotatable bonds is 4. The van der Waals surface area contributed by atoms with Crippen LogP contribution in [0.2, 0.25) is 0 Å². The second kappa shape index (κ2) is 6.07. The van der Waals surface area contributed by atoms with E-state index >= 15 is 0 Å². The Bertz CT molecular complexity index is 380. The molecule has 0 aliphatic rings. The van der Waals surface area contributed by atoms with Crippen molar-refractivity contribution < 1.29 is 8.42 Å². The number of sulfonamides is 1. The van der Waals surface area contributed by atoms with Crippen molar-refractivity contribution in [3.05, 3.63) is 35.9 Å². The van der Waals surface area contributed by atoms with E-state index in [1.165, 1.54) is 7.05 Å². The molecule has 86 valence electrons. The maximum Gasteiger partial charge on any atom is 0.213 e. The molecule has 0 radical (unpaired) electrons. The highest BCUT2D eigenvalue weighted by Crippen LogP contribution is 2.10. The molecule has 1 aromatic carbocycles. The van der Waals surface area contributed by atoms with Crippen LogP contribution < -0.4 is 10.5 Å². The Morgan fingerprint density at radius 1 is 1.33 bits per heavy atom. The van der Waals surface area contributed by atoms with Gasteiger partial charge in [-0.3, -0.25) is 0 Å². The topological polar surface area (TPSA) is 72.2 Å². The highest BCUT2D eigenvalue weighted by atomic mass is 35.5. The summed E-state index contributed by atoms with van der Waals surface area (Å²) in [5.41, 5.74) is 6.56. The van der Waals surface area contributed by atoms with E-state index in [0.717, 1.165) is 5.56 Å². The summed E-state index contributed by atoms with van der Waals surface area (Å²) in [6.07, 6.45) is 0. The van der Waals surface area contributed by atoms with Crippen molar-refractivity contribution in [2.24, 2.45) is 5.73 Å². The molecule has 0 fully saturated rings. The Morgan fingerprint density at radius 3 is 2.33 bits per heavy atom. The van der Waals surface area contributed by atoms with Crippen molar-refractivity contribution in [3.63, 3.8) is 0 Å². The molecule has 1 atom stereocenters. The molecule has 4 nitrogen and oxygen atoms in total. The third-order valence-electron chi connectivity index (χ3n) is 1.94. The van der Waals surface area contributed by atoms with Gasteiger partial charge in [-0.15, -0.1) is 12.4 Å². The largest absolute Gasteiger partial charge is 0.323 e. The van der Waals surface area contributed by atoms with Crippen LogP contribution in [0.4, 0.5) is 0 Å². The molecule has 1 unspecified atom stereocenters. The number of hydrogen-bond donors (Lipinski definition) is 2. The first-order valence-electron chi connectivity index (χ1n) is 4.27. The lowest BCUT2D eigenvalue weighted by Gasteiger charge is -2.11. The molecular weight excluding hydrogens is 236 g/mol. The quantitative estimate of drug-likeness (QED) is 0.825. The molecule has 0 heterocycles. The molecule has 6 heteroatoms. The molecule has 0 aliphatic carbocycles. The van der Waals surface area contributed by atoms with E-state index < -0.39 is 16.1 Å². The Labute approximate surface area is 96.3 Å². The summed E-state index contributed by atoms with van der Waals surface area (Å²) in [6.45, 7) is 0. The van der Waals surface area contributed by atoms with Crippen molar-refractivity contribution >= 4 is 22.4 Å². The minimum absolute atomic E-state index is 0. The molecule has 0 bridgehead atoms. The molecule has 3 N–H and O–H groups in total. The maximum atomic E-state index is 11.2. The number of hydrogen-bond acceptors (Lipinski definition) is 3. The van der Waals surface area contributed by atoms with Gasteiger partial charge in [-0.05, 0) is 12.6 Å². The minimum Gasteiger partial charge on any atom is -0.323 e. The SMILES string of the molecule is CNS(=O)(=O)CC(N)c1ccccc1.Cl.